The molecule has 1 saturated heterocycles. The van der Waals surface area contributed by atoms with Crippen LogP contribution in [0.15, 0.2) is 18.2 Å². The van der Waals surface area contributed by atoms with Crippen molar-refractivity contribution in [2.75, 3.05) is 26.3 Å². The number of ether oxygens (including phenoxy) is 1. The van der Waals surface area contributed by atoms with E-state index < -0.39 is 11.9 Å². The van der Waals surface area contributed by atoms with E-state index in [0.717, 1.165) is 0 Å². The second kappa shape index (κ2) is 5.89. The van der Waals surface area contributed by atoms with E-state index in [4.69, 9.17) is 33.7 Å². The minimum Gasteiger partial charge on any atom is -0.379 e. The molecule has 1 aromatic carbocycles. The van der Waals surface area contributed by atoms with Crippen LogP contribution in [0, 0.1) is 0 Å². The van der Waals surface area contributed by atoms with Crippen molar-refractivity contribution in [3.63, 3.8) is 0 Å². The molecular formula is C12H14Cl2N2O2. The second-order valence-corrected chi connectivity index (χ2v) is 4.96. The Bertz CT molecular complexity index is 448. The first-order valence-corrected chi connectivity index (χ1v) is 6.41. The van der Waals surface area contributed by atoms with Crippen molar-refractivity contribution >= 4 is 29.1 Å². The maximum absolute atomic E-state index is 11.7. The van der Waals surface area contributed by atoms with Crippen LogP contribution < -0.4 is 5.73 Å². The van der Waals surface area contributed by atoms with Gasteiger partial charge in [-0.2, -0.15) is 0 Å². The molecule has 98 valence electrons. The quantitative estimate of drug-likeness (QED) is 0.924. The molecule has 1 atom stereocenters. The van der Waals surface area contributed by atoms with Crippen molar-refractivity contribution in [3.05, 3.63) is 33.8 Å². The van der Waals surface area contributed by atoms with Gasteiger partial charge in [0.25, 0.3) is 0 Å². The number of hydrogen-bond acceptors (Lipinski definition) is 3. The normalized spacial score (nSPS) is 18.6. The molecule has 1 unspecified atom stereocenters. The Morgan fingerprint density at radius 2 is 2.00 bits per heavy atom. The largest absolute Gasteiger partial charge is 0.379 e. The molecule has 0 aromatic heterocycles. The molecule has 1 fully saturated rings. The lowest BCUT2D eigenvalue weighted by Crippen LogP contribution is -2.44. The SMILES string of the molecule is NC(=O)C(c1ccc(Cl)cc1Cl)N1CCOCC1. The van der Waals surface area contributed by atoms with Crippen molar-refractivity contribution in [1.82, 2.24) is 4.90 Å². The first kappa shape index (κ1) is 13.6. The number of primary amides is 1. The highest BCUT2D eigenvalue weighted by atomic mass is 35.5. The fourth-order valence-corrected chi connectivity index (χ4v) is 2.60. The Balaban J connectivity index is 2.31. The predicted molar refractivity (Wildman–Crippen MR) is 70.8 cm³/mol. The summed E-state index contributed by atoms with van der Waals surface area (Å²) in [4.78, 5) is 13.7. The monoisotopic (exact) mass is 288 g/mol. The van der Waals surface area contributed by atoms with Crippen LogP contribution in [0.1, 0.15) is 11.6 Å². The van der Waals surface area contributed by atoms with Crippen molar-refractivity contribution < 1.29 is 9.53 Å². The maximum atomic E-state index is 11.7. The van der Waals surface area contributed by atoms with Gasteiger partial charge in [0.1, 0.15) is 6.04 Å². The standard InChI is InChI=1S/C12H14Cl2N2O2/c13-8-1-2-9(10(14)7-8)11(12(15)17)16-3-5-18-6-4-16/h1-2,7,11H,3-6H2,(H2,15,17). The highest BCUT2D eigenvalue weighted by Crippen LogP contribution is 2.30. The number of nitrogens with two attached hydrogens (primary N) is 1. The number of amides is 1. The molecule has 6 heteroatoms. The molecule has 1 amide bonds. The van der Waals surface area contributed by atoms with Crippen LogP contribution in [0.3, 0.4) is 0 Å². The molecule has 0 saturated carbocycles. The summed E-state index contributed by atoms with van der Waals surface area (Å²) < 4.78 is 5.27. The van der Waals surface area contributed by atoms with Crippen LogP contribution >= 0.6 is 23.2 Å². The average Bonchev–Trinajstić information content (AvgIpc) is 2.33. The third-order valence-electron chi connectivity index (χ3n) is 2.94. The summed E-state index contributed by atoms with van der Waals surface area (Å²) in [5.41, 5.74) is 6.18. The van der Waals surface area contributed by atoms with Gasteiger partial charge in [0.05, 0.1) is 13.2 Å². The van der Waals surface area contributed by atoms with Gasteiger partial charge in [0.15, 0.2) is 0 Å². The Kier molecular flexibility index (Phi) is 4.45. The van der Waals surface area contributed by atoms with Crippen molar-refractivity contribution in [2.24, 2.45) is 5.73 Å². The molecule has 0 spiro atoms. The molecule has 1 aliphatic heterocycles. The summed E-state index contributed by atoms with van der Waals surface area (Å²) in [7, 11) is 0. The van der Waals surface area contributed by atoms with Gasteiger partial charge in [-0.3, -0.25) is 9.69 Å². The van der Waals surface area contributed by atoms with E-state index in [-0.39, 0.29) is 0 Å². The van der Waals surface area contributed by atoms with Crippen LogP contribution in [-0.2, 0) is 9.53 Å². The molecule has 2 rings (SSSR count). The first-order valence-electron chi connectivity index (χ1n) is 5.65. The lowest BCUT2D eigenvalue weighted by atomic mass is 10.0. The van der Waals surface area contributed by atoms with E-state index in [0.29, 0.717) is 41.9 Å². The summed E-state index contributed by atoms with van der Waals surface area (Å²) in [6.07, 6.45) is 0. The number of carbonyl (C=O) groups excluding carboxylic acids is 1. The fourth-order valence-electron chi connectivity index (χ4n) is 2.09. The molecule has 0 radical (unpaired) electrons. The van der Waals surface area contributed by atoms with Gasteiger partial charge in [-0.25, -0.2) is 0 Å². The molecule has 0 bridgehead atoms. The molecule has 4 nitrogen and oxygen atoms in total. The van der Waals surface area contributed by atoms with E-state index in [1.54, 1.807) is 18.2 Å². The smallest absolute Gasteiger partial charge is 0.239 e. The van der Waals surface area contributed by atoms with Crippen LogP contribution in [0.5, 0.6) is 0 Å². The molecular weight excluding hydrogens is 275 g/mol. The van der Waals surface area contributed by atoms with E-state index in [9.17, 15) is 4.79 Å². The number of morpholine rings is 1. The van der Waals surface area contributed by atoms with E-state index in [1.165, 1.54) is 0 Å². The Hall–Kier alpha value is -0.810. The first-order chi connectivity index (χ1) is 8.59. The molecule has 1 heterocycles. The molecule has 1 aromatic rings. The zero-order chi connectivity index (χ0) is 13.1. The third kappa shape index (κ3) is 2.95. The van der Waals surface area contributed by atoms with Crippen molar-refractivity contribution in [2.45, 2.75) is 6.04 Å². The Morgan fingerprint density at radius 1 is 1.33 bits per heavy atom. The number of benzene rings is 1. The van der Waals surface area contributed by atoms with Crippen LogP contribution in [0.25, 0.3) is 0 Å². The van der Waals surface area contributed by atoms with E-state index >= 15 is 0 Å². The number of hydrogen-bond donors (Lipinski definition) is 1. The van der Waals surface area contributed by atoms with E-state index in [1.807, 2.05) is 4.90 Å². The number of nitrogens with zero attached hydrogens (tertiary/aromatic N) is 1. The Morgan fingerprint density at radius 3 is 2.56 bits per heavy atom. The second-order valence-electron chi connectivity index (χ2n) is 4.12. The minimum absolute atomic E-state index is 0.416. The Labute approximate surface area is 116 Å². The number of rotatable bonds is 3. The lowest BCUT2D eigenvalue weighted by Gasteiger charge is -2.33. The molecule has 2 N–H and O–H groups in total. The summed E-state index contributed by atoms with van der Waals surface area (Å²) in [6.45, 7) is 2.50. The van der Waals surface area contributed by atoms with E-state index in [2.05, 4.69) is 0 Å². The maximum Gasteiger partial charge on any atom is 0.239 e. The van der Waals surface area contributed by atoms with Gasteiger partial charge in [0.2, 0.25) is 5.91 Å². The summed E-state index contributed by atoms with van der Waals surface area (Å²) in [5.74, 6) is -0.416. The van der Waals surface area contributed by atoms with Gasteiger partial charge in [-0.1, -0.05) is 29.3 Å². The average molecular weight is 289 g/mol. The van der Waals surface area contributed by atoms with Crippen LogP contribution in [0.4, 0.5) is 0 Å². The van der Waals surface area contributed by atoms with Gasteiger partial charge in [0, 0.05) is 23.1 Å². The van der Waals surface area contributed by atoms with Crippen molar-refractivity contribution in [1.29, 1.82) is 0 Å². The van der Waals surface area contributed by atoms with Crippen molar-refractivity contribution in [3.8, 4) is 0 Å². The summed E-state index contributed by atoms with van der Waals surface area (Å²) in [5, 5.41) is 0.992. The number of halogens is 2. The third-order valence-corrected chi connectivity index (χ3v) is 3.50. The topological polar surface area (TPSA) is 55.6 Å². The summed E-state index contributed by atoms with van der Waals surface area (Å²) >= 11 is 12.0. The van der Waals surface area contributed by atoms with Gasteiger partial charge >= 0.3 is 0 Å². The molecule has 0 aliphatic carbocycles. The predicted octanol–water partition coefficient (Wildman–Crippen LogP) is 1.85. The highest BCUT2D eigenvalue weighted by Gasteiger charge is 2.28. The zero-order valence-electron chi connectivity index (χ0n) is 9.73. The number of carbonyl (C=O) groups is 1. The molecule has 1 aliphatic rings. The van der Waals surface area contributed by atoms with Gasteiger partial charge in [-0.15, -0.1) is 0 Å². The lowest BCUT2D eigenvalue weighted by molar-refractivity contribution is -0.125. The summed E-state index contributed by atoms with van der Waals surface area (Å²) in [6, 6.07) is 4.54. The fraction of sp³-hybridized carbons (Fsp3) is 0.417. The van der Waals surface area contributed by atoms with Gasteiger partial charge < -0.3 is 10.5 Å². The van der Waals surface area contributed by atoms with Gasteiger partial charge in [-0.05, 0) is 17.7 Å². The molecule has 18 heavy (non-hydrogen) atoms. The van der Waals surface area contributed by atoms with Crippen LogP contribution in [0.2, 0.25) is 10.0 Å². The zero-order valence-corrected chi connectivity index (χ0v) is 11.2. The highest BCUT2D eigenvalue weighted by molar-refractivity contribution is 6.35. The minimum atomic E-state index is -0.529. The van der Waals surface area contributed by atoms with Crippen LogP contribution in [-0.4, -0.2) is 37.1 Å².